The highest BCUT2D eigenvalue weighted by Gasteiger charge is 2.09. The Morgan fingerprint density at radius 2 is 2.14 bits per heavy atom. The van der Waals surface area contributed by atoms with E-state index in [1.165, 1.54) is 0 Å². The number of nitrogens with zero attached hydrogens (tertiary/aromatic N) is 2. The van der Waals surface area contributed by atoms with Crippen LogP contribution < -0.4 is 5.32 Å². The largest absolute Gasteiger partial charge is 0.374 e. The molecule has 0 saturated heterocycles. The van der Waals surface area contributed by atoms with Gasteiger partial charge in [-0.25, -0.2) is 4.98 Å². The number of pyridine rings is 1. The van der Waals surface area contributed by atoms with Crippen LogP contribution in [0, 0.1) is 0 Å². The van der Waals surface area contributed by atoms with Crippen LogP contribution in [0.1, 0.15) is 25.6 Å². The normalized spacial score (nSPS) is 11.1. The number of rotatable bonds is 2. The highest BCUT2D eigenvalue weighted by molar-refractivity contribution is 5.54. The lowest BCUT2D eigenvalue weighted by Crippen LogP contribution is -2.02. The van der Waals surface area contributed by atoms with Gasteiger partial charge in [0.1, 0.15) is 11.6 Å². The van der Waals surface area contributed by atoms with Crippen molar-refractivity contribution in [3.8, 4) is 0 Å². The molecule has 0 aromatic carbocycles. The molecule has 0 saturated carbocycles. The molecular formula is C11H15N3. The minimum absolute atomic E-state index is 0.437. The van der Waals surface area contributed by atoms with Crippen LogP contribution in [0.15, 0.2) is 24.4 Å². The summed E-state index contributed by atoms with van der Waals surface area (Å²) in [6.07, 6.45) is 1.91. The molecule has 74 valence electrons. The predicted molar refractivity (Wildman–Crippen MR) is 58.8 cm³/mol. The third-order valence-electron chi connectivity index (χ3n) is 2.35. The predicted octanol–water partition coefficient (Wildman–Crippen LogP) is 2.50. The van der Waals surface area contributed by atoms with Gasteiger partial charge in [-0.3, -0.25) is 4.40 Å². The van der Waals surface area contributed by atoms with E-state index in [2.05, 4.69) is 40.7 Å². The zero-order chi connectivity index (χ0) is 10.1. The fourth-order valence-electron chi connectivity index (χ4n) is 1.67. The van der Waals surface area contributed by atoms with Crippen LogP contribution in [-0.4, -0.2) is 16.4 Å². The number of fused-ring (bicyclic) bond motifs is 1. The number of anilines is 1. The number of imidazole rings is 1. The molecule has 0 radical (unpaired) electrons. The van der Waals surface area contributed by atoms with E-state index < -0.39 is 0 Å². The lowest BCUT2D eigenvalue weighted by molar-refractivity contribution is 0.772. The Labute approximate surface area is 83.8 Å². The third-order valence-corrected chi connectivity index (χ3v) is 2.35. The van der Waals surface area contributed by atoms with E-state index in [4.69, 9.17) is 0 Å². The van der Waals surface area contributed by atoms with Crippen molar-refractivity contribution < 1.29 is 0 Å². The minimum atomic E-state index is 0.437. The Hall–Kier alpha value is -1.51. The molecular weight excluding hydrogens is 174 g/mol. The molecule has 0 aliphatic carbocycles. The summed E-state index contributed by atoms with van der Waals surface area (Å²) in [5.41, 5.74) is 1.14. The minimum Gasteiger partial charge on any atom is -0.374 e. The first-order valence-corrected chi connectivity index (χ1v) is 4.88. The second-order valence-electron chi connectivity index (χ2n) is 3.69. The van der Waals surface area contributed by atoms with Crippen LogP contribution in [0.3, 0.4) is 0 Å². The maximum atomic E-state index is 4.43. The summed E-state index contributed by atoms with van der Waals surface area (Å²) in [5, 5.41) is 3.17. The molecule has 3 heteroatoms. The molecule has 0 spiro atoms. The Kier molecular flexibility index (Phi) is 2.15. The molecule has 0 atom stereocenters. The smallest absolute Gasteiger partial charge is 0.117 e. The van der Waals surface area contributed by atoms with E-state index in [-0.39, 0.29) is 0 Å². The molecule has 2 rings (SSSR count). The van der Waals surface area contributed by atoms with E-state index in [9.17, 15) is 0 Å². The van der Waals surface area contributed by atoms with Gasteiger partial charge in [-0.2, -0.15) is 0 Å². The first-order chi connectivity index (χ1) is 6.74. The molecule has 3 nitrogen and oxygen atoms in total. The summed E-state index contributed by atoms with van der Waals surface area (Å²) in [7, 11) is 1.93. The molecule has 2 heterocycles. The summed E-state index contributed by atoms with van der Waals surface area (Å²) in [5.74, 6) is 2.63. The Bertz CT molecular complexity index is 443. The quantitative estimate of drug-likeness (QED) is 0.786. The molecule has 14 heavy (non-hydrogen) atoms. The maximum Gasteiger partial charge on any atom is 0.117 e. The van der Waals surface area contributed by atoms with Crippen LogP contribution >= 0.6 is 0 Å². The van der Waals surface area contributed by atoms with E-state index in [1.54, 1.807) is 0 Å². The molecule has 0 bridgehead atoms. The van der Waals surface area contributed by atoms with Crippen molar-refractivity contribution in [1.82, 2.24) is 9.38 Å². The van der Waals surface area contributed by atoms with Gasteiger partial charge >= 0.3 is 0 Å². The van der Waals surface area contributed by atoms with E-state index >= 15 is 0 Å². The molecule has 0 aliphatic heterocycles. The third kappa shape index (κ3) is 1.25. The van der Waals surface area contributed by atoms with Crippen LogP contribution in [0.2, 0.25) is 0 Å². The lowest BCUT2D eigenvalue weighted by atomic mass is 10.2. The number of aromatic nitrogens is 2. The number of hydrogen-bond acceptors (Lipinski definition) is 2. The monoisotopic (exact) mass is 189 g/mol. The summed E-state index contributed by atoms with van der Waals surface area (Å²) < 4.78 is 2.16. The summed E-state index contributed by atoms with van der Waals surface area (Å²) in [4.78, 5) is 4.43. The van der Waals surface area contributed by atoms with Crippen molar-refractivity contribution in [1.29, 1.82) is 0 Å². The number of hydrogen-bond donors (Lipinski definition) is 1. The molecule has 0 amide bonds. The average molecular weight is 189 g/mol. The zero-order valence-corrected chi connectivity index (χ0v) is 8.78. The van der Waals surface area contributed by atoms with E-state index in [0.717, 1.165) is 17.2 Å². The molecule has 2 aromatic rings. The fourth-order valence-corrected chi connectivity index (χ4v) is 1.67. The molecule has 2 aromatic heterocycles. The Morgan fingerprint density at radius 1 is 1.36 bits per heavy atom. The zero-order valence-electron chi connectivity index (χ0n) is 8.78. The van der Waals surface area contributed by atoms with E-state index in [1.807, 2.05) is 19.3 Å². The van der Waals surface area contributed by atoms with Gasteiger partial charge in [-0.15, -0.1) is 0 Å². The molecule has 1 N–H and O–H groups in total. The van der Waals surface area contributed by atoms with Crippen molar-refractivity contribution in [2.45, 2.75) is 19.8 Å². The highest BCUT2D eigenvalue weighted by Crippen LogP contribution is 2.20. The standard InChI is InChI=1S/C11H15N3/c1-8(2)11-13-7-9-5-4-6-10(12-3)14(9)11/h4-8,12H,1-3H3. The van der Waals surface area contributed by atoms with Gasteiger partial charge in [0.25, 0.3) is 0 Å². The van der Waals surface area contributed by atoms with Crippen LogP contribution in [0.5, 0.6) is 0 Å². The average Bonchev–Trinajstić information content (AvgIpc) is 2.60. The summed E-state index contributed by atoms with van der Waals surface area (Å²) in [6.45, 7) is 4.31. The van der Waals surface area contributed by atoms with Gasteiger partial charge in [0.15, 0.2) is 0 Å². The fraction of sp³-hybridized carbons (Fsp3) is 0.364. The van der Waals surface area contributed by atoms with Crippen molar-refractivity contribution in [2.24, 2.45) is 0 Å². The lowest BCUT2D eigenvalue weighted by Gasteiger charge is -2.09. The second-order valence-corrected chi connectivity index (χ2v) is 3.69. The van der Waals surface area contributed by atoms with Gasteiger partial charge in [-0.1, -0.05) is 19.9 Å². The second kappa shape index (κ2) is 3.33. The topological polar surface area (TPSA) is 29.3 Å². The Morgan fingerprint density at radius 3 is 2.79 bits per heavy atom. The maximum absolute atomic E-state index is 4.43. The van der Waals surface area contributed by atoms with Crippen molar-refractivity contribution in [2.75, 3.05) is 12.4 Å². The van der Waals surface area contributed by atoms with Gasteiger partial charge in [0.2, 0.25) is 0 Å². The first-order valence-electron chi connectivity index (χ1n) is 4.88. The number of nitrogens with one attached hydrogen (secondary N) is 1. The van der Waals surface area contributed by atoms with Crippen LogP contribution in [-0.2, 0) is 0 Å². The van der Waals surface area contributed by atoms with Gasteiger partial charge < -0.3 is 5.32 Å². The van der Waals surface area contributed by atoms with Crippen molar-refractivity contribution in [3.63, 3.8) is 0 Å². The SMILES string of the molecule is CNc1cccc2cnc(C(C)C)n12. The summed E-state index contributed by atoms with van der Waals surface area (Å²) >= 11 is 0. The van der Waals surface area contributed by atoms with Crippen LogP contribution in [0.4, 0.5) is 5.82 Å². The highest BCUT2D eigenvalue weighted by atomic mass is 15.1. The van der Waals surface area contributed by atoms with Gasteiger partial charge in [0, 0.05) is 13.0 Å². The molecule has 0 aliphatic rings. The van der Waals surface area contributed by atoms with Crippen molar-refractivity contribution >= 4 is 11.3 Å². The molecule has 0 fully saturated rings. The van der Waals surface area contributed by atoms with Gasteiger partial charge in [0.05, 0.1) is 11.7 Å². The summed E-state index contributed by atoms with van der Waals surface area (Å²) in [6, 6.07) is 6.16. The first kappa shape index (κ1) is 9.06. The van der Waals surface area contributed by atoms with Crippen LogP contribution in [0.25, 0.3) is 5.52 Å². The van der Waals surface area contributed by atoms with E-state index in [0.29, 0.717) is 5.92 Å². The van der Waals surface area contributed by atoms with Gasteiger partial charge in [-0.05, 0) is 12.1 Å². The molecule has 0 unspecified atom stereocenters. The Balaban J connectivity index is 2.74. The van der Waals surface area contributed by atoms with Crippen molar-refractivity contribution in [3.05, 3.63) is 30.2 Å².